The van der Waals surface area contributed by atoms with Gasteiger partial charge in [0.25, 0.3) is 5.56 Å². The zero-order chi connectivity index (χ0) is 15.0. The van der Waals surface area contributed by atoms with Crippen molar-refractivity contribution in [2.75, 3.05) is 11.4 Å². The highest BCUT2D eigenvalue weighted by Gasteiger charge is 2.24. The molecule has 3 rings (SSSR count). The van der Waals surface area contributed by atoms with E-state index in [1.165, 1.54) is 22.9 Å². The number of anilines is 1. The van der Waals surface area contributed by atoms with E-state index in [-0.39, 0.29) is 5.56 Å². The SMILES string of the molecule is CC1CCCN1c1nc(-c2ccncc2F)cc(=O)n1C. The smallest absolute Gasteiger partial charge is 0.255 e. The number of nitrogens with zero attached hydrogens (tertiary/aromatic N) is 4. The summed E-state index contributed by atoms with van der Waals surface area (Å²) in [5.74, 6) is 0.123. The molecular weight excluding hydrogens is 271 g/mol. The van der Waals surface area contributed by atoms with Crippen LogP contribution >= 0.6 is 0 Å². The number of rotatable bonds is 2. The third-order valence-electron chi connectivity index (χ3n) is 3.97. The number of hydrogen-bond donors (Lipinski definition) is 0. The summed E-state index contributed by atoms with van der Waals surface area (Å²) in [4.78, 5) is 22.5. The van der Waals surface area contributed by atoms with Crippen LogP contribution in [0.2, 0.25) is 0 Å². The summed E-state index contributed by atoms with van der Waals surface area (Å²) in [6.45, 7) is 2.97. The Balaban J connectivity index is 2.14. The van der Waals surface area contributed by atoms with E-state index in [0.29, 0.717) is 23.2 Å². The van der Waals surface area contributed by atoms with E-state index in [0.717, 1.165) is 25.6 Å². The molecule has 5 nitrogen and oxygen atoms in total. The number of pyridine rings is 1. The van der Waals surface area contributed by atoms with Crippen LogP contribution in [0.4, 0.5) is 10.3 Å². The van der Waals surface area contributed by atoms with E-state index in [4.69, 9.17) is 0 Å². The molecule has 6 heteroatoms. The Kier molecular flexibility index (Phi) is 3.45. The molecule has 1 unspecified atom stereocenters. The largest absolute Gasteiger partial charge is 0.339 e. The minimum atomic E-state index is -0.473. The van der Waals surface area contributed by atoms with Crippen LogP contribution in [0, 0.1) is 5.82 Å². The summed E-state index contributed by atoms with van der Waals surface area (Å²) in [6, 6.07) is 3.23. The predicted octanol–water partition coefficient (Wildman–Crippen LogP) is 1.97. The van der Waals surface area contributed by atoms with Gasteiger partial charge in [-0.05, 0) is 25.8 Å². The second-order valence-electron chi connectivity index (χ2n) is 5.38. The molecule has 1 saturated heterocycles. The molecule has 1 aliphatic rings. The first kappa shape index (κ1) is 13.7. The van der Waals surface area contributed by atoms with Gasteiger partial charge in [-0.3, -0.25) is 14.3 Å². The van der Waals surface area contributed by atoms with E-state index in [9.17, 15) is 9.18 Å². The van der Waals surface area contributed by atoms with Crippen LogP contribution < -0.4 is 10.5 Å². The van der Waals surface area contributed by atoms with Crippen molar-refractivity contribution in [3.05, 3.63) is 40.7 Å². The number of hydrogen-bond acceptors (Lipinski definition) is 4. The van der Waals surface area contributed by atoms with Crippen LogP contribution in [-0.2, 0) is 7.05 Å². The third kappa shape index (κ3) is 2.41. The minimum absolute atomic E-state index is 0.190. The summed E-state index contributed by atoms with van der Waals surface area (Å²) >= 11 is 0. The van der Waals surface area contributed by atoms with Crippen molar-refractivity contribution in [2.45, 2.75) is 25.8 Å². The van der Waals surface area contributed by atoms with Crippen molar-refractivity contribution in [3.63, 3.8) is 0 Å². The van der Waals surface area contributed by atoms with Crippen LogP contribution in [0.3, 0.4) is 0 Å². The summed E-state index contributed by atoms with van der Waals surface area (Å²) in [6.07, 6.45) is 4.77. The standard InChI is InChI=1S/C15H17FN4O/c1-10-4-3-7-20(10)15-18-13(8-14(21)19(15)2)11-5-6-17-9-12(11)16/h5-6,8-10H,3-4,7H2,1-2H3. The predicted molar refractivity (Wildman–Crippen MR) is 78.7 cm³/mol. The molecule has 3 heterocycles. The molecule has 110 valence electrons. The first-order chi connectivity index (χ1) is 10.1. The lowest BCUT2D eigenvalue weighted by molar-refractivity contribution is 0.623. The molecule has 0 radical (unpaired) electrons. The maximum Gasteiger partial charge on any atom is 0.255 e. The van der Waals surface area contributed by atoms with E-state index in [2.05, 4.69) is 21.8 Å². The van der Waals surface area contributed by atoms with Crippen LogP contribution in [-0.4, -0.2) is 27.1 Å². The average molecular weight is 288 g/mol. The van der Waals surface area contributed by atoms with Crippen LogP contribution in [0.1, 0.15) is 19.8 Å². The summed E-state index contributed by atoms with van der Waals surface area (Å²) in [7, 11) is 1.70. The highest BCUT2D eigenvalue weighted by atomic mass is 19.1. The Morgan fingerprint density at radius 3 is 2.90 bits per heavy atom. The van der Waals surface area contributed by atoms with Crippen molar-refractivity contribution in [2.24, 2.45) is 7.05 Å². The van der Waals surface area contributed by atoms with Gasteiger partial charge in [-0.25, -0.2) is 9.37 Å². The molecule has 2 aromatic heterocycles. The molecule has 0 saturated carbocycles. The molecule has 0 spiro atoms. The second-order valence-corrected chi connectivity index (χ2v) is 5.38. The maximum absolute atomic E-state index is 13.9. The lowest BCUT2D eigenvalue weighted by Gasteiger charge is -2.24. The van der Waals surface area contributed by atoms with Gasteiger partial charge in [0.15, 0.2) is 5.82 Å². The third-order valence-corrected chi connectivity index (χ3v) is 3.97. The number of aromatic nitrogens is 3. The Morgan fingerprint density at radius 1 is 1.43 bits per heavy atom. The van der Waals surface area contributed by atoms with Gasteiger partial charge in [0.1, 0.15) is 0 Å². The second kappa shape index (κ2) is 5.27. The average Bonchev–Trinajstić information content (AvgIpc) is 2.88. The maximum atomic E-state index is 13.9. The van der Waals surface area contributed by atoms with E-state index < -0.39 is 5.82 Å². The Labute approximate surface area is 122 Å². The van der Waals surface area contributed by atoms with Crippen LogP contribution in [0.15, 0.2) is 29.3 Å². The first-order valence-corrected chi connectivity index (χ1v) is 7.02. The Hall–Kier alpha value is -2.24. The van der Waals surface area contributed by atoms with E-state index >= 15 is 0 Å². The monoisotopic (exact) mass is 288 g/mol. The van der Waals surface area contributed by atoms with Crippen molar-refractivity contribution in [3.8, 4) is 11.3 Å². The fraction of sp³-hybridized carbons (Fsp3) is 0.400. The van der Waals surface area contributed by atoms with Gasteiger partial charge in [0.05, 0.1) is 11.9 Å². The fourth-order valence-corrected chi connectivity index (χ4v) is 2.74. The molecule has 0 aliphatic carbocycles. The molecule has 0 aromatic carbocycles. The molecule has 1 fully saturated rings. The minimum Gasteiger partial charge on any atom is -0.339 e. The van der Waals surface area contributed by atoms with Crippen molar-refractivity contribution >= 4 is 5.95 Å². The summed E-state index contributed by atoms with van der Waals surface area (Å²) < 4.78 is 15.4. The highest BCUT2D eigenvalue weighted by Crippen LogP contribution is 2.25. The van der Waals surface area contributed by atoms with Crippen LogP contribution in [0.5, 0.6) is 0 Å². The summed E-state index contributed by atoms with van der Waals surface area (Å²) in [5.41, 5.74) is 0.466. The normalized spacial score (nSPS) is 18.2. The van der Waals surface area contributed by atoms with Gasteiger partial charge < -0.3 is 4.90 Å². The molecule has 2 aromatic rings. The fourth-order valence-electron chi connectivity index (χ4n) is 2.74. The lowest BCUT2D eigenvalue weighted by Crippen LogP contribution is -2.33. The summed E-state index contributed by atoms with van der Waals surface area (Å²) in [5, 5.41) is 0. The molecule has 1 aliphatic heterocycles. The number of halogens is 1. The quantitative estimate of drug-likeness (QED) is 0.848. The topological polar surface area (TPSA) is 51.0 Å². The van der Waals surface area contributed by atoms with Gasteiger partial charge in [-0.15, -0.1) is 0 Å². The molecule has 0 amide bonds. The van der Waals surface area contributed by atoms with Crippen molar-refractivity contribution in [1.82, 2.24) is 14.5 Å². The van der Waals surface area contributed by atoms with Crippen LogP contribution in [0.25, 0.3) is 11.3 Å². The van der Waals surface area contributed by atoms with Crippen molar-refractivity contribution in [1.29, 1.82) is 0 Å². The van der Waals surface area contributed by atoms with Gasteiger partial charge >= 0.3 is 0 Å². The van der Waals surface area contributed by atoms with Gasteiger partial charge in [-0.2, -0.15) is 0 Å². The van der Waals surface area contributed by atoms with E-state index in [1.54, 1.807) is 7.05 Å². The lowest BCUT2D eigenvalue weighted by atomic mass is 10.2. The molecule has 21 heavy (non-hydrogen) atoms. The van der Waals surface area contributed by atoms with Gasteiger partial charge in [0, 0.05) is 37.5 Å². The van der Waals surface area contributed by atoms with Gasteiger partial charge in [0.2, 0.25) is 5.95 Å². The Bertz CT molecular complexity index is 728. The zero-order valence-electron chi connectivity index (χ0n) is 12.1. The zero-order valence-corrected chi connectivity index (χ0v) is 12.1. The first-order valence-electron chi connectivity index (χ1n) is 7.02. The Morgan fingerprint density at radius 2 is 2.24 bits per heavy atom. The van der Waals surface area contributed by atoms with Gasteiger partial charge in [-0.1, -0.05) is 0 Å². The van der Waals surface area contributed by atoms with E-state index in [1.807, 2.05) is 0 Å². The molecular formula is C15H17FN4O. The molecule has 0 N–H and O–H groups in total. The van der Waals surface area contributed by atoms with Crippen molar-refractivity contribution < 1.29 is 4.39 Å². The molecule has 1 atom stereocenters. The molecule has 0 bridgehead atoms. The highest BCUT2D eigenvalue weighted by molar-refractivity contribution is 5.60.